The van der Waals surface area contributed by atoms with Gasteiger partial charge in [0.1, 0.15) is 0 Å². The van der Waals surface area contributed by atoms with Crippen LogP contribution >= 0.6 is 0 Å². The van der Waals surface area contributed by atoms with Crippen molar-refractivity contribution < 1.29 is 9.53 Å². The number of fused-ring (bicyclic) bond motifs is 1. The Balaban J connectivity index is 1.40. The number of nitrogens with zero attached hydrogens (tertiary/aromatic N) is 4. The summed E-state index contributed by atoms with van der Waals surface area (Å²) in [5.41, 5.74) is 5.44. The fourth-order valence-corrected chi connectivity index (χ4v) is 5.24. The van der Waals surface area contributed by atoms with Crippen LogP contribution in [0.3, 0.4) is 0 Å². The number of carbonyl (C=O) groups is 1. The molecule has 170 valence electrons. The molecule has 1 aliphatic carbocycles. The summed E-state index contributed by atoms with van der Waals surface area (Å²) in [5.74, 6) is 1.42. The van der Waals surface area contributed by atoms with E-state index >= 15 is 0 Å². The van der Waals surface area contributed by atoms with Crippen LogP contribution in [-0.4, -0.2) is 45.8 Å². The standard InChI is InChI=1S/C26H34N4O2/c1-17-22(18(2)27-25-24(17)26(32-5)28-30(25)4)15-16-23(31)29(3)21-13-11-20(12-14-21)19-9-7-6-8-10-19/h6-10,20-21H,11-16H2,1-5H3. The molecular formula is C26H34N4O2. The molecule has 3 aromatic rings. The lowest BCUT2D eigenvalue weighted by molar-refractivity contribution is -0.132. The van der Waals surface area contributed by atoms with Crippen LogP contribution in [0.15, 0.2) is 30.3 Å². The van der Waals surface area contributed by atoms with Crippen LogP contribution in [0, 0.1) is 13.8 Å². The molecule has 1 aliphatic rings. The number of carbonyl (C=O) groups excluding carboxylic acids is 1. The van der Waals surface area contributed by atoms with Gasteiger partial charge in [-0.25, -0.2) is 9.67 Å². The van der Waals surface area contributed by atoms with Gasteiger partial charge in [0.25, 0.3) is 0 Å². The van der Waals surface area contributed by atoms with Gasteiger partial charge in [-0.15, -0.1) is 5.10 Å². The number of aromatic nitrogens is 3. The van der Waals surface area contributed by atoms with Crippen molar-refractivity contribution in [1.29, 1.82) is 0 Å². The van der Waals surface area contributed by atoms with Crippen molar-refractivity contribution in [3.8, 4) is 5.88 Å². The number of benzene rings is 1. The molecule has 0 atom stereocenters. The highest BCUT2D eigenvalue weighted by Crippen LogP contribution is 2.35. The van der Waals surface area contributed by atoms with Crippen molar-refractivity contribution >= 4 is 16.9 Å². The molecule has 4 rings (SSSR count). The Morgan fingerprint density at radius 2 is 1.84 bits per heavy atom. The second kappa shape index (κ2) is 9.31. The largest absolute Gasteiger partial charge is 0.479 e. The van der Waals surface area contributed by atoms with E-state index in [4.69, 9.17) is 9.72 Å². The van der Waals surface area contributed by atoms with Gasteiger partial charge in [-0.1, -0.05) is 30.3 Å². The van der Waals surface area contributed by atoms with Gasteiger partial charge in [-0.2, -0.15) is 0 Å². The Morgan fingerprint density at radius 3 is 2.50 bits per heavy atom. The van der Waals surface area contributed by atoms with Gasteiger partial charge in [0.15, 0.2) is 5.65 Å². The highest BCUT2D eigenvalue weighted by molar-refractivity contribution is 5.86. The van der Waals surface area contributed by atoms with Crippen molar-refractivity contribution in [3.63, 3.8) is 0 Å². The maximum Gasteiger partial charge on any atom is 0.242 e. The van der Waals surface area contributed by atoms with Crippen molar-refractivity contribution in [2.75, 3.05) is 14.2 Å². The maximum absolute atomic E-state index is 13.0. The third kappa shape index (κ3) is 4.23. The second-order valence-corrected chi connectivity index (χ2v) is 9.05. The zero-order valence-electron chi connectivity index (χ0n) is 19.9. The molecule has 0 radical (unpaired) electrons. The first kappa shape index (κ1) is 22.3. The molecule has 32 heavy (non-hydrogen) atoms. The van der Waals surface area contributed by atoms with E-state index in [1.54, 1.807) is 11.8 Å². The van der Waals surface area contributed by atoms with E-state index in [-0.39, 0.29) is 5.91 Å². The number of rotatable bonds is 6. The van der Waals surface area contributed by atoms with E-state index < -0.39 is 0 Å². The first-order chi connectivity index (χ1) is 15.4. The Labute approximate surface area is 190 Å². The molecule has 2 heterocycles. The minimum Gasteiger partial charge on any atom is -0.479 e. The Morgan fingerprint density at radius 1 is 1.16 bits per heavy atom. The van der Waals surface area contributed by atoms with Crippen LogP contribution in [0.1, 0.15) is 60.4 Å². The Bertz CT molecular complexity index is 1100. The molecule has 1 saturated carbocycles. The normalized spacial score (nSPS) is 18.7. The van der Waals surface area contributed by atoms with Gasteiger partial charge in [0, 0.05) is 32.3 Å². The third-order valence-corrected chi connectivity index (χ3v) is 7.21. The second-order valence-electron chi connectivity index (χ2n) is 9.05. The number of hydrogen-bond acceptors (Lipinski definition) is 4. The predicted octanol–water partition coefficient (Wildman–Crippen LogP) is 4.71. The lowest BCUT2D eigenvalue weighted by Gasteiger charge is -2.35. The van der Waals surface area contributed by atoms with Crippen LogP contribution in [0.2, 0.25) is 0 Å². The fourth-order valence-electron chi connectivity index (χ4n) is 5.24. The van der Waals surface area contributed by atoms with Gasteiger partial charge in [-0.05, 0) is 68.6 Å². The third-order valence-electron chi connectivity index (χ3n) is 7.21. The highest BCUT2D eigenvalue weighted by atomic mass is 16.5. The lowest BCUT2D eigenvalue weighted by Crippen LogP contribution is -2.39. The van der Waals surface area contributed by atoms with E-state index in [9.17, 15) is 4.79 Å². The van der Waals surface area contributed by atoms with Gasteiger partial charge >= 0.3 is 0 Å². The first-order valence-electron chi connectivity index (χ1n) is 11.6. The molecule has 1 fully saturated rings. The van der Waals surface area contributed by atoms with Crippen LogP contribution in [-0.2, 0) is 18.3 Å². The van der Waals surface area contributed by atoms with Gasteiger partial charge in [0.2, 0.25) is 11.8 Å². The molecule has 1 amide bonds. The molecule has 2 aromatic heterocycles. The number of aryl methyl sites for hydroxylation is 3. The van der Waals surface area contributed by atoms with E-state index in [2.05, 4.69) is 42.4 Å². The minimum absolute atomic E-state index is 0.213. The molecule has 0 saturated heterocycles. The molecule has 1 aromatic carbocycles. The van der Waals surface area contributed by atoms with Crippen molar-refractivity contribution in [2.24, 2.45) is 7.05 Å². The highest BCUT2D eigenvalue weighted by Gasteiger charge is 2.27. The van der Waals surface area contributed by atoms with Crippen LogP contribution in [0.25, 0.3) is 11.0 Å². The summed E-state index contributed by atoms with van der Waals surface area (Å²) in [6.07, 6.45) is 5.60. The zero-order valence-corrected chi connectivity index (χ0v) is 19.9. The van der Waals surface area contributed by atoms with E-state index in [0.717, 1.165) is 53.5 Å². The van der Waals surface area contributed by atoms with Crippen molar-refractivity contribution in [2.45, 2.75) is 64.3 Å². The molecular weight excluding hydrogens is 400 g/mol. The average Bonchev–Trinajstić information content (AvgIpc) is 3.14. The van der Waals surface area contributed by atoms with Crippen molar-refractivity contribution in [1.82, 2.24) is 19.7 Å². The molecule has 0 bridgehead atoms. The summed E-state index contributed by atoms with van der Waals surface area (Å²) in [6, 6.07) is 11.1. The smallest absolute Gasteiger partial charge is 0.242 e. The minimum atomic E-state index is 0.213. The lowest BCUT2D eigenvalue weighted by atomic mass is 9.81. The van der Waals surface area contributed by atoms with Gasteiger partial charge in [0.05, 0.1) is 12.5 Å². The summed E-state index contributed by atoms with van der Waals surface area (Å²) in [4.78, 5) is 19.8. The fraction of sp³-hybridized carbons (Fsp3) is 0.500. The number of methoxy groups -OCH3 is 1. The first-order valence-corrected chi connectivity index (χ1v) is 11.6. The Kier molecular flexibility index (Phi) is 6.49. The molecule has 0 aliphatic heterocycles. The van der Waals surface area contributed by atoms with Crippen LogP contribution in [0.5, 0.6) is 5.88 Å². The SMILES string of the molecule is COc1nn(C)c2nc(C)c(CCC(=O)N(C)C3CCC(c4ccccc4)CC3)c(C)c12. The topological polar surface area (TPSA) is 60.2 Å². The quantitative estimate of drug-likeness (QED) is 0.564. The summed E-state index contributed by atoms with van der Waals surface area (Å²) < 4.78 is 7.21. The molecule has 6 nitrogen and oxygen atoms in total. The Hall–Kier alpha value is -2.89. The zero-order chi connectivity index (χ0) is 22.8. The number of ether oxygens (including phenoxy) is 1. The molecule has 0 N–H and O–H groups in total. The van der Waals surface area contributed by atoms with E-state index in [1.807, 2.05) is 25.9 Å². The number of pyridine rings is 1. The number of amides is 1. The average molecular weight is 435 g/mol. The predicted molar refractivity (Wildman–Crippen MR) is 127 cm³/mol. The maximum atomic E-state index is 13.0. The summed E-state index contributed by atoms with van der Waals surface area (Å²) in [6.45, 7) is 4.09. The van der Waals surface area contributed by atoms with Crippen LogP contribution < -0.4 is 4.74 Å². The monoisotopic (exact) mass is 434 g/mol. The molecule has 6 heteroatoms. The molecule has 0 unspecified atom stereocenters. The molecule has 0 spiro atoms. The van der Waals surface area contributed by atoms with Gasteiger partial charge in [-0.3, -0.25) is 4.79 Å². The van der Waals surface area contributed by atoms with Crippen LogP contribution in [0.4, 0.5) is 0 Å². The number of hydrogen-bond donors (Lipinski definition) is 0. The summed E-state index contributed by atoms with van der Waals surface area (Å²) in [7, 11) is 5.48. The van der Waals surface area contributed by atoms with E-state index in [0.29, 0.717) is 30.7 Å². The van der Waals surface area contributed by atoms with Gasteiger partial charge < -0.3 is 9.64 Å². The van der Waals surface area contributed by atoms with E-state index in [1.165, 1.54) is 5.56 Å². The van der Waals surface area contributed by atoms with Crippen molar-refractivity contribution in [3.05, 3.63) is 52.7 Å². The summed E-state index contributed by atoms with van der Waals surface area (Å²) >= 11 is 0. The summed E-state index contributed by atoms with van der Waals surface area (Å²) in [5, 5.41) is 5.36.